The van der Waals surface area contributed by atoms with Gasteiger partial charge in [-0.15, -0.1) is 0 Å². The Bertz CT molecular complexity index is 754. The highest BCUT2D eigenvalue weighted by atomic mass is 32.2. The summed E-state index contributed by atoms with van der Waals surface area (Å²) in [5.41, 5.74) is 0.703. The van der Waals surface area contributed by atoms with Crippen LogP contribution in [-0.2, 0) is 14.9 Å². The number of anilines is 1. The monoisotopic (exact) mass is 370 g/mol. The van der Waals surface area contributed by atoms with E-state index >= 15 is 0 Å². The number of nitrogens with zero attached hydrogens (tertiary/aromatic N) is 4. The van der Waals surface area contributed by atoms with E-state index in [4.69, 9.17) is 9.84 Å². The van der Waals surface area contributed by atoms with Gasteiger partial charge in [-0.3, -0.25) is 0 Å². The Morgan fingerprint density at radius 2 is 2.08 bits per heavy atom. The van der Waals surface area contributed by atoms with Crippen LogP contribution in [0.2, 0.25) is 0 Å². The van der Waals surface area contributed by atoms with Gasteiger partial charge < -0.3 is 14.7 Å². The summed E-state index contributed by atoms with van der Waals surface area (Å²) in [6.07, 6.45) is 1.46. The van der Waals surface area contributed by atoms with Crippen molar-refractivity contribution >= 4 is 21.9 Å². The number of carbonyl (C=O) groups is 1. The molecule has 3 rings (SSSR count). The van der Waals surface area contributed by atoms with Crippen LogP contribution in [0.4, 0.5) is 5.69 Å². The van der Waals surface area contributed by atoms with Crippen LogP contribution >= 0.6 is 0 Å². The van der Waals surface area contributed by atoms with Crippen LogP contribution in [0.3, 0.4) is 0 Å². The van der Waals surface area contributed by atoms with Crippen molar-refractivity contribution in [2.75, 3.05) is 51.8 Å². The Balaban J connectivity index is 1.92. The summed E-state index contributed by atoms with van der Waals surface area (Å²) in [4.78, 5) is 17.0. The van der Waals surface area contributed by atoms with E-state index in [9.17, 15) is 13.2 Å². The summed E-state index contributed by atoms with van der Waals surface area (Å²) in [6.45, 7) is 2.21. The molecule has 0 aromatic carbocycles. The second kappa shape index (κ2) is 6.87. The Hall–Kier alpha value is -1.75. The minimum Gasteiger partial charge on any atom is -0.477 e. The van der Waals surface area contributed by atoms with E-state index in [1.165, 1.54) is 35.0 Å². The lowest BCUT2D eigenvalue weighted by molar-refractivity contribution is 0.0690. The van der Waals surface area contributed by atoms with Crippen molar-refractivity contribution in [1.29, 1.82) is 0 Å². The molecule has 1 aromatic heterocycles. The Kier molecular flexibility index (Phi) is 4.96. The molecule has 0 aliphatic carbocycles. The molecule has 25 heavy (non-hydrogen) atoms. The quantitative estimate of drug-likeness (QED) is 0.778. The summed E-state index contributed by atoms with van der Waals surface area (Å²) in [7, 11) is -0.514. The summed E-state index contributed by atoms with van der Waals surface area (Å²) in [5, 5.41) is 9.14. The van der Waals surface area contributed by atoms with Crippen molar-refractivity contribution in [3.63, 3.8) is 0 Å². The Morgan fingerprint density at radius 1 is 1.32 bits per heavy atom. The summed E-state index contributed by atoms with van der Waals surface area (Å²) in [5.74, 6) is -1.08. The second-order valence-corrected chi connectivity index (χ2v) is 8.62. The predicted octanol–water partition coefficient (Wildman–Crippen LogP) is -0.277. The number of pyridine rings is 1. The molecule has 2 saturated heterocycles. The molecule has 138 valence electrons. The van der Waals surface area contributed by atoms with E-state index in [2.05, 4.69) is 4.98 Å². The summed E-state index contributed by atoms with van der Waals surface area (Å²) >= 11 is 0. The van der Waals surface area contributed by atoms with Gasteiger partial charge in [0.05, 0.1) is 19.3 Å². The fourth-order valence-corrected chi connectivity index (χ4v) is 4.56. The number of ether oxygens (including phenoxy) is 1. The summed E-state index contributed by atoms with van der Waals surface area (Å²) < 4.78 is 33.7. The second-order valence-electron chi connectivity index (χ2n) is 6.53. The number of rotatable bonds is 4. The van der Waals surface area contributed by atoms with Gasteiger partial charge in [-0.05, 0) is 12.1 Å². The van der Waals surface area contributed by atoms with E-state index in [-0.39, 0.29) is 17.7 Å². The SMILES string of the molecule is CN(C)S(=O)(=O)N1C[C@H]2COC[C@@H]1CN(c1ccnc(C(=O)O)c1)C2. The number of hydrogen-bond acceptors (Lipinski definition) is 6. The van der Waals surface area contributed by atoms with Crippen molar-refractivity contribution in [2.45, 2.75) is 6.04 Å². The molecule has 2 aliphatic rings. The lowest BCUT2D eigenvalue weighted by atomic mass is 10.1. The fraction of sp³-hybridized carbons (Fsp3) is 0.600. The Morgan fingerprint density at radius 3 is 2.76 bits per heavy atom. The molecule has 2 aliphatic heterocycles. The first-order chi connectivity index (χ1) is 11.8. The van der Waals surface area contributed by atoms with Crippen LogP contribution < -0.4 is 4.90 Å². The molecule has 0 spiro atoms. The zero-order chi connectivity index (χ0) is 18.2. The minimum atomic E-state index is -3.55. The van der Waals surface area contributed by atoms with Gasteiger partial charge in [-0.1, -0.05) is 0 Å². The van der Waals surface area contributed by atoms with Crippen LogP contribution in [0, 0.1) is 5.92 Å². The molecule has 10 heteroatoms. The van der Waals surface area contributed by atoms with Gasteiger partial charge in [0.2, 0.25) is 0 Å². The molecule has 3 heterocycles. The molecule has 9 nitrogen and oxygen atoms in total. The molecule has 0 amide bonds. The fourth-order valence-electron chi connectivity index (χ4n) is 3.24. The first-order valence-electron chi connectivity index (χ1n) is 8.00. The largest absolute Gasteiger partial charge is 0.477 e. The van der Waals surface area contributed by atoms with Crippen molar-refractivity contribution in [3.05, 3.63) is 24.0 Å². The van der Waals surface area contributed by atoms with Gasteiger partial charge in [0.1, 0.15) is 5.69 Å². The maximum Gasteiger partial charge on any atom is 0.354 e. The number of fused-ring (bicyclic) bond motifs is 3. The van der Waals surface area contributed by atoms with Gasteiger partial charge in [0.15, 0.2) is 0 Å². The number of carboxylic acid groups (broad SMARTS) is 1. The zero-order valence-corrected chi connectivity index (χ0v) is 15.0. The maximum absolute atomic E-state index is 12.7. The molecule has 0 radical (unpaired) electrons. The van der Waals surface area contributed by atoms with Gasteiger partial charge in [0.25, 0.3) is 10.2 Å². The molecular weight excluding hydrogens is 348 g/mol. The van der Waals surface area contributed by atoms with E-state index in [1.54, 1.807) is 6.07 Å². The summed E-state index contributed by atoms with van der Waals surface area (Å²) in [6, 6.07) is 2.94. The van der Waals surface area contributed by atoms with Crippen molar-refractivity contribution in [1.82, 2.24) is 13.6 Å². The molecule has 0 unspecified atom stereocenters. The van der Waals surface area contributed by atoms with Crippen molar-refractivity contribution < 1.29 is 23.1 Å². The van der Waals surface area contributed by atoms with Crippen LogP contribution in [0.15, 0.2) is 18.3 Å². The average Bonchev–Trinajstić information content (AvgIpc) is 2.86. The van der Waals surface area contributed by atoms with Crippen LogP contribution in [-0.4, -0.2) is 86.1 Å². The topological polar surface area (TPSA) is 103 Å². The maximum atomic E-state index is 12.7. The third-order valence-corrected chi connectivity index (χ3v) is 6.47. The molecule has 2 fully saturated rings. The van der Waals surface area contributed by atoms with Gasteiger partial charge in [-0.2, -0.15) is 17.0 Å². The first-order valence-corrected chi connectivity index (χ1v) is 9.40. The van der Waals surface area contributed by atoms with Gasteiger partial charge in [0, 0.05) is 51.5 Å². The first kappa shape index (κ1) is 18.1. The van der Waals surface area contributed by atoms with E-state index < -0.39 is 16.2 Å². The van der Waals surface area contributed by atoms with Crippen LogP contribution in [0.1, 0.15) is 10.5 Å². The van der Waals surface area contributed by atoms with Gasteiger partial charge in [-0.25, -0.2) is 9.78 Å². The number of carboxylic acids is 1. The van der Waals surface area contributed by atoms with Gasteiger partial charge >= 0.3 is 5.97 Å². The molecule has 1 aromatic rings. The standard InChI is InChI=1S/C15H22N4O5S/c1-17(2)25(22,23)19-7-11-6-18(8-13(19)10-24-9-11)12-3-4-16-14(5-12)15(20)21/h3-5,11,13H,6-10H2,1-2H3,(H,20,21)/t11-,13-/m0/s1. The lowest BCUT2D eigenvalue weighted by Gasteiger charge is -2.33. The number of hydrogen-bond donors (Lipinski definition) is 1. The van der Waals surface area contributed by atoms with E-state index in [0.717, 1.165) is 5.69 Å². The molecule has 2 atom stereocenters. The number of aromatic carboxylic acids is 1. The highest BCUT2D eigenvalue weighted by Crippen LogP contribution is 2.27. The van der Waals surface area contributed by atoms with Crippen LogP contribution in [0.25, 0.3) is 0 Å². The molecule has 0 saturated carbocycles. The highest BCUT2D eigenvalue weighted by molar-refractivity contribution is 7.86. The number of aromatic nitrogens is 1. The third kappa shape index (κ3) is 3.61. The zero-order valence-electron chi connectivity index (χ0n) is 14.2. The minimum absolute atomic E-state index is 0.00340. The molecule has 2 bridgehead atoms. The average molecular weight is 370 g/mol. The van der Waals surface area contributed by atoms with Crippen molar-refractivity contribution in [3.8, 4) is 0 Å². The van der Waals surface area contributed by atoms with Crippen molar-refractivity contribution in [2.24, 2.45) is 5.92 Å². The Labute approximate surface area is 147 Å². The predicted molar refractivity (Wildman–Crippen MR) is 90.8 cm³/mol. The third-order valence-electron chi connectivity index (χ3n) is 4.50. The van der Waals surface area contributed by atoms with Crippen LogP contribution in [0.5, 0.6) is 0 Å². The van der Waals surface area contributed by atoms with E-state index in [0.29, 0.717) is 32.8 Å². The molecular formula is C15H22N4O5S. The highest BCUT2D eigenvalue weighted by Gasteiger charge is 2.40. The normalized spacial score (nSPS) is 25.0. The lowest BCUT2D eigenvalue weighted by Crippen LogP contribution is -2.50. The molecule has 1 N–H and O–H groups in total. The smallest absolute Gasteiger partial charge is 0.354 e. The van der Waals surface area contributed by atoms with E-state index in [1.807, 2.05) is 4.90 Å².